The minimum absolute atomic E-state index is 0.0231. The maximum Gasteiger partial charge on any atom is 0.256 e. The van der Waals surface area contributed by atoms with Crippen LogP contribution in [0.5, 0.6) is 0 Å². The Labute approximate surface area is 148 Å². The third kappa shape index (κ3) is 3.14. The van der Waals surface area contributed by atoms with Crippen LogP contribution in [0.1, 0.15) is 34.9 Å². The lowest BCUT2D eigenvalue weighted by Gasteiger charge is -2.36. The molecule has 2 aromatic heterocycles. The van der Waals surface area contributed by atoms with Crippen LogP contribution >= 0.6 is 0 Å². The molecule has 4 heterocycles. The molecule has 2 fully saturated rings. The molecule has 1 unspecified atom stereocenters. The summed E-state index contributed by atoms with van der Waals surface area (Å²) in [5, 5.41) is 0. The summed E-state index contributed by atoms with van der Waals surface area (Å²) in [6.45, 7) is 3.82. The SMILES string of the molecule is Cn1cccc1C1COCCN1C(=O)c1ccc(N2CCCC2)nc1. The maximum absolute atomic E-state index is 13.1. The first-order valence-electron chi connectivity index (χ1n) is 8.95. The molecule has 1 atom stereocenters. The Morgan fingerprint density at radius 2 is 2.04 bits per heavy atom. The number of ether oxygens (including phenoxy) is 1. The number of rotatable bonds is 3. The van der Waals surface area contributed by atoms with Gasteiger partial charge in [-0.2, -0.15) is 0 Å². The number of aromatic nitrogens is 2. The van der Waals surface area contributed by atoms with Crippen LogP contribution in [-0.2, 0) is 11.8 Å². The van der Waals surface area contributed by atoms with Crippen molar-refractivity contribution in [3.8, 4) is 0 Å². The summed E-state index contributed by atoms with van der Waals surface area (Å²) < 4.78 is 7.68. The second kappa shape index (κ2) is 6.88. The van der Waals surface area contributed by atoms with Gasteiger partial charge >= 0.3 is 0 Å². The van der Waals surface area contributed by atoms with Crippen molar-refractivity contribution in [3.05, 3.63) is 47.9 Å². The van der Waals surface area contributed by atoms with E-state index in [4.69, 9.17) is 4.74 Å². The molecule has 0 saturated carbocycles. The van der Waals surface area contributed by atoms with E-state index in [1.54, 1.807) is 6.20 Å². The van der Waals surface area contributed by atoms with E-state index in [0.717, 1.165) is 24.6 Å². The number of nitrogens with zero attached hydrogens (tertiary/aromatic N) is 4. The van der Waals surface area contributed by atoms with Crippen molar-refractivity contribution in [2.75, 3.05) is 37.7 Å². The Bertz CT molecular complexity index is 734. The molecule has 6 nitrogen and oxygen atoms in total. The number of hydrogen-bond acceptors (Lipinski definition) is 4. The van der Waals surface area contributed by atoms with E-state index < -0.39 is 0 Å². The lowest BCUT2D eigenvalue weighted by Crippen LogP contribution is -2.44. The molecule has 25 heavy (non-hydrogen) atoms. The van der Waals surface area contributed by atoms with E-state index in [1.165, 1.54) is 12.8 Å². The van der Waals surface area contributed by atoms with Crippen molar-refractivity contribution in [1.82, 2.24) is 14.5 Å². The van der Waals surface area contributed by atoms with Gasteiger partial charge in [0.1, 0.15) is 5.82 Å². The summed E-state index contributed by atoms with van der Waals surface area (Å²) in [7, 11) is 2.00. The average Bonchev–Trinajstić information content (AvgIpc) is 3.33. The minimum atomic E-state index is -0.0560. The molecule has 2 saturated heterocycles. The smallest absolute Gasteiger partial charge is 0.256 e. The fourth-order valence-electron chi connectivity index (χ4n) is 3.72. The van der Waals surface area contributed by atoms with E-state index in [-0.39, 0.29) is 11.9 Å². The van der Waals surface area contributed by atoms with Gasteiger partial charge in [0, 0.05) is 44.8 Å². The zero-order chi connectivity index (χ0) is 17.2. The first-order valence-corrected chi connectivity index (χ1v) is 8.95. The van der Waals surface area contributed by atoms with Gasteiger partial charge in [-0.1, -0.05) is 0 Å². The lowest BCUT2D eigenvalue weighted by atomic mass is 10.1. The quantitative estimate of drug-likeness (QED) is 0.860. The Morgan fingerprint density at radius 3 is 2.72 bits per heavy atom. The molecule has 4 rings (SSSR count). The van der Waals surface area contributed by atoms with Crippen LogP contribution in [0.4, 0.5) is 5.82 Å². The largest absolute Gasteiger partial charge is 0.377 e. The van der Waals surface area contributed by atoms with Crippen molar-refractivity contribution in [2.24, 2.45) is 7.05 Å². The lowest BCUT2D eigenvalue weighted by molar-refractivity contribution is -0.00465. The van der Waals surface area contributed by atoms with Crippen molar-refractivity contribution < 1.29 is 9.53 Å². The third-order valence-corrected chi connectivity index (χ3v) is 5.14. The molecule has 2 aliphatic heterocycles. The average molecular weight is 340 g/mol. The van der Waals surface area contributed by atoms with Gasteiger partial charge in [-0.3, -0.25) is 4.79 Å². The molecule has 0 N–H and O–H groups in total. The Balaban J connectivity index is 1.55. The van der Waals surface area contributed by atoms with E-state index in [9.17, 15) is 4.79 Å². The van der Waals surface area contributed by atoms with E-state index in [2.05, 4.69) is 9.88 Å². The number of hydrogen-bond donors (Lipinski definition) is 0. The zero-order valence-electron chi connectivity index (χ0n) is 14.6. The highest BCUT2D eigenvalue weighted by Crippen LogP contribution is 2.26. The van der Waals surface area contributed by atoms with Crippen LogP contribution in [0.25, 0.3) is 0 Å². The van der Waals surface area contributed by atoms with Crippen LogP contribution < -0.4 is 4.90 Å². The van der Waals surface area contributed by atoms with E-state index in [0.29, 0.717) is 25.3 Å². The molecular weight excluding hydrogens is 316 g/mol. The number of morpholine rings is 1. The van der Waals surface area contributed by atoms with Gasteiger partial charge in [-0.25, -0.2) is 4.98 Å². The number of anilines is 1. The summed E-state index contributed by atoms with van der Waals surface area (Å²) in [5.74, 6) is 0.991. The highest BCUT2D eigenvalue weighted by molar-refractivity contribution is 5.94. The van der Waals surface area contributed by atoms with Crippen molar-refractivity contribution in [3.63, 3.8) is 0 Å². The molecule has 0 radical (unpaired) electrons. The molecule has 0 aliphatic carbocycles. The molecule has 2 aromatic rings. The normalized spacial score (nSPS) is 20.9. The summed E-state index contributed by atoms with van der Waals surface area (Å²) in [6.07, 6.45) is 6.15. The van der Waals surface area contributed by atoms with Gasteiger partial charge in [-0.15, -0.1) is 0 Å². The van der Waals surface area contributed by atoms with Gasteiger partial charge in [0.05, 0.1) is 24.8 Å². The van der Waals surface area contributed by atoms with Crippen molar-refractivity contribution in [2.45, 2.75) is 18.9 Å². The van der Waals surface area contributed by atoms with E-state index >= 15 is 0 Å². The molecular formula is C19H24N4O2. The fourth-order valence-corrected chi connectivity index (χ4v) is 3.72. The van der Waals surface area contributed by atoms with Gasteiger partial charge in [0.15, 0.2) is 0 Å². The first kappa shape index (κ1) is 16.1. The molecule has 6 heteroatoms. The van der Waals surface area contributed by atoms with Crippen LogP contribution in [-0.4, -0.2) is 53.2 Å². The van der Waals surface area contributed by atoms with Gasteiger partial charge in [-0.05, 0) is 37.1 Å². The topological polar surface area (TPSA) is 50.6 Å². The second-order valence-electron chi connectivity index (χ2n) is 6.73. The number of carbonyl (C=O) groups excluding carboxylic acids is 1. The summed E-state index contributed by atoms with van der Waals surface area (Å²) >= 11 is 0. The Kier molecular flexibility index (Phi) is 4.44. The molecule has 0 bridgehead atoms. The zero-order valence-corrected chi connectivity index (χ0v) is 14.6. The summed E-state index contributed by atoms with van der Waals surface area (Å²) in [4.78, 5) is 21.8. The van der Waals surface area contributed by atoms with Gasteiger partial charge < -0.3 is 19.1 Å². The minimum Gasteiger partial charge on any atom is -0.377 e. The Morgan fingerprint density at radius 1 is 1.20 bits per heavy atom. The predicted octanol–water partition coefficient (Wildman–Crippen LogP) is 2.23. The van der Waals surface area contributed by atoms with Crippen molar-refractivity contribution >= 4 is 11.7 Å². The first-order chi connectivity index (χ1) is 12.2. The van der Waals surface area contributed by atoms with Crippen LogP contribution in [0.2, 0.25) is 0 Å². The van der Waals surface area contributed by atoms with Gasteiger partial charge in [0.25, 0.3) is 5.91 Å². The fraction of sp³-hybridized carbons (Fsp3) is 0.474. The number of carbonyl (C=O) groups is 1. The maximum atomic E-state index is 13.1. The molecule has 132 valence electrons. The number of pyridine rings is 1. The molecule has 2 aliphatic rings. The predicted molar refractivity (Wildman–Crippen MR) is 95.7 cm³/mol. The number of aryl methyl sites for hydroxylation is 1. The summed E-state index contributed by atoms with van der Waals surface area (Å²) in [5.41, 5.74) is 1.73. The molecule has 1 amide bonds. The van der Waals surface area contributed by atoms with Crippen LogP contribution in [0.3, 0.4) is 0 Å². The molecule has 0 spiro atoms. The standard InChI is InChI=1S/C19H24N4O2/c1-21-8-4-5-16(21)17-14-25-12-11-23(17)19(24)15-6-7-18(20-13-15)22-9-2-3-10-22/h4-8,13,17H,2-3,9-12,14H2,1H3. The Hall–Kier alpha value is -2.34. The van der Waals surface area contributed by atoms with Crippen LogP contribution in [0.15, 0.2) is 36.7 Å². The highest BCUT2D eigenvalue weighted by atomic mass is 16.5. The van der Waals surface area contributed by atoms with Crippen molar-refractivity contribution in [1.29, 1.82) is 0 Å². The second-order valence-corrected chi connectivity index (χ2v) is 6.73. The van der Waals surface area contributed by atoms with Crippen LogP contribution in [0, 0.1) is 0 Å². The monoisotopic (exact) mass is 340 g/mol. The molecule has 0 aromatic carbocycles. The third-order valence-electron chi connectivity index (χ3n) is 5.14. The summed E-state index contributed by atoms with van der Waals surface area (Å²) in [6, 6.07) is 7.86. The van der Waals surface area contributed by atoms with E-state index in [1.807, 2.05) is 47.0 Å². The number of amides is 1. The highest BCUT2D eigenvalue weighted by Gasteiger charge is 2.31. The van der Waals surface area contributed by atoms with Gasteiger partial charge in [0.2, 0.25) is 0 Å².